The van der Waals surface area contributed by atoms with Crippen molar-refractivity contribution in [2.24, 2.45) is 0 Å². The predicted molar refractivity (Wildman–Crippen MR) is 89.1 cm³/mol. The van der Waals surface area contributed by atoms with Gasteiger partial charge < -0.3 is 4.90 Å². The first kappa shape index (κ1) is 19.3. The Morgan fingerprint density at radius 3 is 2.17 bits per heavy atom. The lowest BCUT2D eigenvalue weighted by Crippen LogP contribution is -2.49. The van der Waals surface area contributed by atoms with Gasteiger partial charge in [-0.05, 0) is 30.8 Å². The van der Waals surface area contributed by atoms with Gasteiger partial charge in [0, 0.05) is 32.7 Å². The maximum Gasteiger partial charge on any atom is 0.240 e. The van der Waals surface area contributed by atoms with Crippen LogP contribution in [0.1, 0.15) is 6.92 Å². The van der Waals surface area contributed by atoms with Crippen molar-refractivity contribution < 1.29 is 21.2 Å². The molecule has 0 aromatic heterocycles. The van der Waals surface area contributed by atoms with Crippen LogP contribution in [-0.4, -0.2) is 71.1 Å². The number of likely N-dealkylation sites (N-methyl/N-ethyl adjacent to an activating group) is 1. The topological polar surface area (TPSA) is 86.8 Å². The average molecular weight is 379 g/mol. The molecule has 0 bridgehead atoms. The van der Waals surface area contributed by atoms with Crippen LogP contribution in [0.3, 0.4) is 0 Å². The summed E-state index contributed by atoms with van der Waals surface area (Å²) in [6.45, 7) is 4.87. The van der Waals surface area contributed by atoms with E-state index in [0.717, 1.165) is 30.8 Å². The molecule has 1 saturated heterocycles. The van der Waals surface area contributed by atoms with Crippen LogP contribution < -0.4 is 4.72 Å². The minimum absolute atomic E-state index is 0.0992. The summed E-state index contributed by atoms with van der Waals surface area (Å²) >= 11 is 0. The molecule has 1 N–H and O–H groups in total. The molecule has 0 aliphatic carbocycles. The summed E-state index contributed by atoms with van der Waals surface area (Å²) < 4.78 is 65.1. The predicted octanol–water partition coefficient (Wildman–Crippen LogP) is 0.0713. The Labute approximate surface area is 142 Å². The molecule has 24 heavy (non-hydrogen) atoms. The molecule has 1 aromatic carbocycles. The Kier molecular flexibility index (Phi) is 6.32. The third-order valence-electron chi connectivity index (χ3n) is 3.95. The fourth-order valence-electron chi connectivity index (χ4n) is 2.46. The summed E-state index contributed by atoms with van der Waals surface area (Å²) in [4.78, 5) is 2.06. The van der Waals surface area contributed by atoms with E-state index < -0.39 is 25.9 Å². The maximum atomic E-state index is 12.8. The highest BCUT2D eigenvalue weighted by Gasteiger charge is 2.26. The molecule has 10 heteroatoms. The van der Waals surface area contributed by atoms with E-state index in [-0.39, 0.29) is 17.2 Å². The second kappa shape index (κ2) is 7.87. The number of nitrogens with zero attached hydrogens (tertiary/aromatic N) is 2. The van der Waals surface area contributed by atoms with Crippen molar-refractivity contribution in [2.75, 3.05) is 45.0 Å². The van der Waals surface area contributed by atoms with Crippen LogP contribution in [0.25, 0.3) is 0 Å². The smallest absolute Gasteiger partial charge is 0.240 e. The number of benzene rings is 1. The van der Waals surface area contributed by atoms with Gasteiger partial charge in [0.1, 0.15) is 5.82 Å². The van der Waals surface area contributed by atoms with Crippen LogP contribution in [0.5, 0.6) is 0 Å². The summed E-state index contributed by atoms with van der Waals surface area (Å²) in [6.07, 6.45) is 0. The van der Waals surface area contributed by atoms with Gasteiger partial charge in [-0.25, -0.2) is 25.9 Å². The Morgan fingerprint density at radius 1 is 1.04 bits per heavy atom. The van der Waals surface area contributed by atoms with Crippen LogP contribution in [0.2, 0.25) is 0 Å². The number of sulfonamides is 2. The fourth-order valence-corrected chi connectivity index (χ4v) is 4.95. The standard InChI is InChI=1S/C14H22FN3O4S2/c1-2-17-8-10-18(11-9-17)23(19,20)12-7-16-24(21,22)14-5-3-13(15)4-6-14/h3-6,16H,2,7-12H2,1H3. The molecular formula is C14H22FN3O4S2. The highest BCUT2D eigenvalue weighted by Crippen LogP contribution is 2.10. The highest BCUT2D eigenvalue weighted by molar-refractivity contribution is 7.90. The van der Waals surface area contributed by atoms with Gasteiger partial charge in [-0.15, -0.1) is 0 Å². The summed E-state index contributed by atoms with van der Waals surface area (Å²) in [5, 5.41) is 0. The first-order valence-electron chi connectivity index (χ1n) is 7.70. The van der Waals surface area contributed by atoms with Crippen LogP contribution in [0, 0.1) is 5.82 Å². The fraction of sp³-hybridized carbons (Fsp3) is 0.571. The summed E-state index contributed by atoms with van der Waals surface area (Å²) in [5.74, 6) is -0.845. The number of halogens is 1. The van der Waals surface area contributed by atoms with Crippen molar-refractivity contribution in [3.8, 4) is 0 Å². The Balaban J connectivity index is 1.89. The van der Waals surface area contributed by atoms with E-state index in [4.69, 9.17) is 0 Å². The van der Waals surface area contributed by atoms with E-state index in [0.29, 0.717) is 26.2 Å². The van der Waals surface area contributed by atoms with E-state index in [1.165, 1.54) is 4.31 Å². The van der Waals surface area contributed by atoms with Gasteiger partial charge in [0.15, 0.2) is 0 Å². The average Bonchev–Trinajstić information content (AvgIpc) is 2.55. The van der Waals surface area contributed by atoms with Gasteiger partial charge in [-0.3, -0.25) is 0 Å². The largest absolute Gasteiger partial charge is 0.301 e. The van der Waals surface area contributed by atoms with E-state index in [1.54, 1.807) is 0 Å². The molecule has 1 heterocycles. The molecule has 0 radical (unpaired) electrons. The van der Waals surface area contributed by atoms with Gasteiger partial charge in [-0.1, -0.05) is 6.92 Å². The molecule has 1 aliphatic rings. The molecule has 7 nitrogen and oxygen atoms in total. The zero-order valence-corrected chi connectivity index (χ0v) is 15.1. The van der Waals surface area contributed by atoms with Crippen molar-refractivity contribution in [1.82, 2.24) is 13.9 Å². The molecule has 1 fully saturated rings. The number of piperazine rings is 1. The molecule has 2 rings (SSSR count). The van der Waals surface area contributed by atoms with Gasteiger partial charge in [0.05, 0.1) is 10.6 Å². The van der Waals surface area contributed by atoms with Crippen molar-refractivity contribution in [3.05, 3.63) is 30.1 Å². The Morgan fingerprint density at radius 2 is 1.62 bits per heavy atom. The van der Waals surface area contributed by atoms with E-state index in [2.05, 4.69) is 9.62 Å². The zero-order valence-electron chi connectivity index (χ0n) is 13.5. The van der Waals surface area contributed by atoms with E-state index >= 15 is 0 Å². The molecule has 0 saturated carbocycles. The molecule has 136 valence electrons. The third kappa shape index (κ3) is 4.96. The van der Waals surface area contributed by atoms with Crippen molar-refractivity contribution in [2.45, 2.75) is 11.8 Å². The van der Waals surface area contributed by atoms with Gasteiger partial charge in [-0.2, -0.15) is 4.31 Å². The van der Waals surface area contributed by atoms with Crippen molar-refractivity contribution >= 4 is 20.0 Å². The van der Waals surface area contributed by atoms with Crippen LogP contribution in [0.15, 0.2) is 29.2 Å². The first-order chi connectivity index (χ1) is 11.2. The summed E-state index contributed by atoms with van der Waals surface area (Å²) in [7, 11) is -7.36. The lowest BCUT2D eigenvalue weighted by atomic mass is 10.4. The number of rotatable bonds is 7. The second-order valence-corrected chi connectivity index (χ2v) is 9.36. The monoisotopic (exact) mass is 379 g/mol. The number of hydrogen-bond acceptors (Lipinski definition) is 5. The molecule has 0 unspecified atom stereocenters. The molecule has 0 atom stereocenters. The summed E-state index contributed by atoms with van der Waals surface area (Å²) in [5.41, 5.74) is 0. The minimum atomic E-state index is -3.85. The molecule has 1 aromatic rings. The summed E-state index contributed by atoms with van der Waals surface area (Å²) in [6, 6.07) is 4.35. The van der Waals surface area contributed by atoms with Crippen molar-refractivity contribution in [1.29, 1.82) is 0 Å². The lowest BCUT2D eigenvalue weighted by molar-refractivity contribution is 0.196. The molecule has 1 aliphatic heterocycles. The number of nitrogens with one attached hydrogen (secondary N) is 1. The SMILES string of the molecule is CCN1CCN(S(=O)(=O)CCNS(=O)(=O)c2ccc(F)cc2)CC1. The quantitative estimate of drug-likeness (QED) is 0.725. The second-order valence-electron chi connectivity index (χ2n) is 5.50. The third-order valence-corrected chi connectivity index (χ3v) is 7.30. The molecule has 0 spiro atoms. The van der Waals surface area contributed by atoms with Crippen LogP contribution in [0.4, 0.5) is 4.39 Å². The molecular weight excluding hydrogens is 357 g/mol. The lowest BCUT2D eigenvalue weighted by Gasteiger charge is -2.33. The Bertz CT molecular complexity index is 743. The van der Waals surface area contributed by atoms with E-state index in [1.807, 2.05) is 6.92 Å². The molecule has 0 amide bonds. The Hall–Kier alpha value is -1.07. The van der Waals surface area contributed by atoms with Crippen LogP contribution in [-0.2, 0) is 20.0 Å². The number of hydrogen-bond donors (Lipinski definition) is 1. The van der Waals surface area contributed by atoms with Crippen LogP contribution >= 0.6 is 0 Å². The van der Waals surface area contributed by atoms with E-state index in [9.17, 15) is 21.2 Å². The zero-order chi connectivity index (χ0) is 17.8. The first-order valence-corrected chi connectivity index (χ1v) is 10.8. The minimum Gasteiger partial charge on any atom is -0.301 e. The van der Waals surface area contributed by atoms with Gasteiger partial charge in [0.2, 0.25) is 20.0 Å². The van der Waals surface area contributed by atoms with Crippen molar-refractivity contribution in [3.63, 3.8) is 0 Å². The highest BCUT2D eigenvalue weighted by atomic mass is 32.2. The normalized spacial score (nSPS) is 17.9. The van der Waals surface area contributed by atoms with Gasteiger partial charge >= 0.3 is 0 Å². The maximum absolute atomic E-state index is 12.8. The van der Waals surface area contributed by atoms with Gasteiger partial charge in [0.25, 0.3) is 0 Å².